The molecule has 0 aromatic heterocycles. The van der Waals surface area contributed by atoms with Crippen molar-refractivity contribution in [2.24, 2.45) is 0 Å². The van der Waals surface area contributed by atoms with Gasteiger partial charge in [-0.1, -0.05) is 44.4 Å². The highest BCUT2D eigenvalue weighted by Crippen LogP contribution is 2.17. The molecule has 0 atom stereocenters. The van der Waals surface area contributed by atoms with E-state index in [2.05, 4.69) is 6.92 Å². The van der Waals surface area contributed by atoms with E-state index in [1.807, 2.05) is 19.1 Å². The molecule has 16 heavy (non-hydrogen) atoms. The molecule has 0 spiro atoms. The maximum atomic E-state index is 12.0. The second kappa shape index (κ2) is 6.04. The van der Waals surface area contributed by atoms with Gasteiger partial charge < -0.3 is 0 Å². The number of hydrogen-bond acceptors (Lipinski definition) is 2. The van der Waals surface area contributed by atoms with Gasteiger partial charge in [0, 0.05) is 0 Å². The first-order chi connectivity index (χ1) is 7.58. The largest absolute Gasteiger partial charge is 0.224 e. The first-order valence-corrected chi connectivity index (χ1v) is 7.51. The lowest BCUT2D eigenvalue weighted by Crippen LogP contribution is -2.08. The molecule has 3 heteroatoms. The summed E-state index contributed by atoms with van der Waals surface area (Å²) in [4.78, 5) is 0.492. The highest BCUT2D eigenvalue weighted by atomic mass is 32.2. The molecule has 0 aliphatic heterocycles. The maximum absolute atomic E-state index is 12.0. The van der Waals surface area contributed by atoms with E-state index in [1.54, 1.807) is 12.1 Å². The molecular formula is C13H20O2S. The summed E-state index contributed by atoms with van der Waals surface area (Å²) < 4.78 is 24.0. The van der Waals surface area contributed by atoms with Crippen molar-refractivity contribution in [3.8, 4) is 0 Å². The van der Waals surface area contributed by atoms with Crippen LogP contribution in [0.3, 0.4) is 0 Å². The van der Waals surface area contributed by atoms with Crippen molar-refractivity contribution in [3.63, 3.8) is 0 Å². The van der Waals surface area contributed by atoms with Crippen molar-refractivity contribution in [2.75, 3.05) is 5.75 Å². The number of benzene rings is 1. The van der Waals surface area contributed by atoms with Gasteiger partial charge in [0.25, 0.3) is 0 Å². The standard InChI is InChI=1S/C13H20O2S/c1-3-4-5-8-11-16(14,15)13-10-7-6-9-12(13)2/h6-7,9-10H,3-5,8,11H2,1-2H3. The van der Waals surface area contributed by atoms with E-state index in [1.165, 1.54) is 0 Å². The molecule has 90 valence electrons. The Morgan fingerprint density at radius 1 is 1.06 bits per heavy atom. The summed E-state index contributed by atoms with van der Waals surface area (Å²) in [5, 5.41) is 0. The van der Waals surface area contributed by atoms with Gasteiger partial charge in [-0.2, -0.15) is 0 Å². The Labute approximate surface area is 98.6 Å². The van der Waals surface area contributed by atoms with Crippen LogP contribution in [0.4, 0.5) is 0 Å². The van der Waals surface area contributed by atoms with Gasteiger partial charge in [0.15, 0.2) is 9.84 Å². The summed E-state index contributed by atoms with van der Waals surface area (Å²) in [6.45, 7) is 3.97. The van der Waals surface area contributed by atoms with Crippen LogP contribution < -0.4 is 0 Å². The van der Waals surface area contributed by atoms with Crippen molar-refractivity contribution < 1.29 is 8.42 Å². The highest BCUT2D eigenvalue weighted by molar-refractivity contribution is 7.91. The first-order valence-electron chi connectivity index (χ1n) is 5.86. The topological polar surface area (TPSA) is 34.1 Å². The second-order valence-electron chi connectivity index (χ2n) is 4.15. The fourth-order valence-corrected chi connectivity index (χ4v) is 3.38. The average Bonchev–Trinajstić information content (AvgIpc) is 2.25. The number of unbranched alkanes of at least 4 members (excludes halogenated alkanes) is 3. The minimum atomic E-state index is -3.07. The highest BCUT2D eigenvalue weighted by Gasteiger charge is 2.15. The molecule has 0 bridgehead atoms. The summed E-state index contributed by atoms with van der Waals surface area (Å²) >= 11 is 0. The summed E-state index contributed by atoms with van der Waals surface area (Å²) in [5.74, 6) is 0.276. The number of sulfone groups is 1. The first kappa shape index (κ1) is 13.2. The van der Waals surface area contributed by atoms with Gasteiger partial charge in [0.2, 0.25) is 0 Å². The van der Waals surface area contributed by atoms with Gasteiger partial charge >= 0.3 is 0 Å². The van der Waals surface area contributed by atoms with Crippen molar-refractivity contribution >= 4 is 9.84 Å². The van der Waals surface area contributed by atoms with E-state index in [0.29, 0.717) is 4.90 Å². The van der Waals surface area contributed by atoms with Crippen molar-refractivity contribution in [1.82, 2.24) is 0 Å². The van der Waals surface area contributed by atoms with Crippen molar-refractivity contribution in [3.05, 3.63) is 29.8 Å². The maximum Gasteiger partial charge on any atom is 0.178 e. The zero-order valence-corrected chi connectivity index (χ0v) is 10.9. The molecule has 0 saturated carbocycles. The average molecular weight is 240 g/mol. The third kappa shape index (κ3) is 3.63. The second-order valence-corrected chi connectivity index (χ2v) is 6.22. The van der Waals surface area contributed by atoms with Crippen LogP contribution in [0.25, 0.3) is 0 Å². The Hall–Kier alpha value is -0.830. The van der Waals surface area contributed by atoms with Crippen LogP contribution in [0.15, 0.2) is 29.2 Å². The summed E-state index contributed by atoms with van der Waals surface area (Å²) in [6, 6.07) is 7.20. The lowest BCUT2D eigenvalue weighted by Gasteiger charge is -2.06. The predicted molar refractivity (Wildman–Crippen MR) is 67.4 cm³/mol. The van der Waals surface area contributed by atoms with Crippen LogP contribution in [0, 0.1) is 6.92 Å². The molecule has 1 aromatic carbocycles. The number of aryl methyl sites for hydroxylation is 1. The Kier molecular flexibility index (Phi) is 5.00. The molecule has 0 aliphatic carbocycles. The Morgan fingerprint density at radius 3 is 2.38 bits per heavy atom. The molecule has 0 fully saturated rings. The Balaban J connectivity index is 2.68. The molecule has 0 N–H and O–H groups in total. The Bertz CT molecular complexity index is 421. The molecule has 0 saturated heterocycles. The SMILES string of the molecule is CCCCCCS(=O)(=O)c1ccccc1C. The van der Waals surface area contributed by atoms with Crippen molar-refractivity contribution in [1.29, 1.82) is 0 Å². The summed E-state index contributed by atoms with van der Waals surface area (Å²) in [7, 11) is -3.07. The Morgan fingerprint density at radius 2 is 1.75 bits per heavy atom. The zero-order chi connectivity index (χ0) is 12.0. The van der Waals surface area contributed by atoms with Crippen LogP contribution in [0.1, 0.15) is 38.2 Å². The molecular weight excluding hydrogens is 220 g/mol. The quantitative estimate of drug-likeness (QED) is 0.715. The third-order valence-corrected chi connectivity index (χ3v) is 4.65. The molecule has 2 nitrogen and oxygen atoms in total. The smallest absolute Gasteiger partial charge is 0.178 e. The van der Waals surface area contributed by atoms with E-state index in [0.717, 1.165) is 31.2 Å². The molecule has 0 radical (unpaired) electrons. The van der Waals surface area contributed by atoms with E-state index in [9.17, 15) is 8.42 Å². The van der Waals surface area contributed by atoms with Crippen molar-refractivity contribution in [2.45, 2.75) is 44.4 Å². The van der Waals surface area contributed by atoms with Crippen LogP contribution in [-0.4, -0.2) is 14.2 Å². The normalized spacial score (nSPS) is 11.6. The van der Waals surface area contributed by atoms with Gasteiger partial charge in [-0.3, -0.25) is 0 Å². The van der Waals surface area contributed by atoms with Gasteiger partial charge in [0.05, 0.1) is 10.6 Å². The monoisotopic (exact) mass is 240 g/mol. The van der Waals surface area contributed by atoms with Crippen LogP contribution in [0.2, 0.25) is 0 Å². The van der Waals surface area contributed by atoms with E-state index < -0.39 is 9.84 Å². The summed E-state index contributed by atoms with van der Waals surface area (Å²) in [6.07, 6.45) is 4.01. The lowest BCUT2D eigenvalue weighted by molar-refractivity contribution is 0.588. The number of hydrogen-bond donors (Lipinski definition) is 0. The predicted octanol–water partition coefficient (Wildman–Crippen LogP) is 3.35. The third-order valence-electron chi connectivity index (χ3n) is 2.70. The van der Waals surface area contributed by atoms with E-state index >= 15 is 0 Å². The molecule has 1 rings (SSSR count). The van der Waals surface area contributed by atoms with Gasteiger partial charge in [0.1, 0.15) is 0 Å². The molecule has 0 amide bonds. The van der Waals surface area contributed by atoms with Gasteiger partial charge in [-0.25, -0.2) is 8.42 Å². The fourth-order valence-electron chi connectivity index (χ4n) is 1.73. The van der Waals surface area contributed by atoms with Gasteiger partial charge in [-0.05, 0) is 25.0 Å². The van der Waals surface area contributed by atoms with Crippen LogP contribution in [-0.2, 0) is 9.84 Å². The minimum absolute atomic E-state index is 0.276. The fraction of sp³-hybridized carbons (Fsp3) is 0.538. The molecule has 0 unspecified atom stereocenters. The van der Waals surface area contributed by atoms with Crippen LogP contribution in [0.5, 0.6) is 0 Å². The summed E-state index contributed by atoms with van der Waals surface area (Å²) in [5.41, 5.74) is 0.845. The zero-order valence-electron chi connectivity index (χ0n) is 10.1. The molecule has 0 aliphatic rings. The van der Waals surface area contributed by atoms with Gasteiger partial charge in [-0.15, -0.1) is 0 Å². The number of rotatable bonds is 6. The molecule has 1 aromatic rings. The van der Waals surface area contributed by atoms with Crippen LogP contribution >= 0.6 is 0 Å². The lowest BCUT2D eigenvalue weighted by atomic mass is 10.2. The van der Waals surface area contributed by atoms with E-state index in [4.69, 9.17) is 0 Å². The minimum Gasteiger partial charge on any atom is -0.224 e. The van der Waals surface area contributed by atoms with E-state index in [-0.39, 0.29) is 5.75 Å². The molecule has 0 heterocycles.